The zero-order chi connectivity index (χ0) is 11.4. The normalized spacial score (nSPS) is 11.1. The Balaban J connectivity index is 2.70. The summed E-state index contributed by atoms with van der Waals surface area (Å²) in [5, 5.41) is 22.1. The first kappa shape index (κ1) is 11.1. The van der Waals surface area contributed by atoms with E-state index in [4.69, 9.17) is 10.2 Å². The van der Waals surface area contributed by atoms with Gasteiger partial charge in [0.05, 0.1) is 0 Å². The minimum atomic E-state index is -1.16. The van der Waals surface area contributed by atoms with Gasteiger partial charge in [-0.25, -0.2) is 14.6 Å². The highest BCUT2D eigenvalue weighted by molar-refractivity contribution is 7.13. The quantitative estimate of drug-likeness (QED) is 0.518. The average Bonchev–Trinajstić information content (AvgIpc) is 2.62. The predicted molar refractivity (Wildman–Crippen MR) is 53.4 cm³/mol. The Labute approximate surface area is 88.1 Å². The fourth-order valence-corrected chi connectivity index (χ4v) is 1.23. The summed E-state index contributed by atoms with van der Waals surface area (Å²) in [5.41, 5.74) is 2.11. The molecular formula is C7H7N3O4S. The van der Waals surface area contributed by atoms with Gasteiger partial charge in [-0.1, -0.05) is 0 Å². The molecule has 1 rings (SSSR count). The van der Waals surface area contributed by atoms with E-state index < -0.39 is 11.9 Å². The van der Waals surface area contributed by atoms with Gasteiger partial charge in [0.15, 0.2) is 5.69 Å². The number of carbonyl (C=O) groups is 2. The summed E-state index contributed by atoms with van der Waals surface area (Å²) in [4.78, 5) is 24.4. The molecule has 0 amide bonds. The van der Waals surface area contributed by atoms with Crippen molar-refractivity contribution in [1.82, 2.24) is 4.98 Å². The number of nitrogens with one attached hydrogen (secondary N) is 1. The maximum Gasteiger partial charge on any atom is 0.355 e. The first-order valence-electron chi connectivity index (χ1n) is 3.73. The number of nitrogens with zero attached hydrogens (tertiary/aromatic N) is 2. The predicted octanol–water partition coefficient (Wildman–Crippen LogP) is 0.714. The number of aromatic nitrogens is 1. The minimum Gasteiger partial charge on any atom is -0.477 e. The molecule has 0 atom stereocenters. The lowest BCUT2D eigenvalue weighted by Gasteiger charge is -1.94. The van der Waals surface area contributed by atoms with Gasteiger partial charge in [0, 0.05) is 5.38 Å². The van der Waals surface area contributed by atoms with E-state index in [2.05, 4.69) is 15.5 Å². The van der Waals surface area contributed by atoms with Crippen molar-refractivity contribution in [2.24, 2.45) is 5.10 Å². The first-order valence-corrected chi connectivity index (χ1v) is 4.61. The lowest BCUT2D eigenvalue weighted by atomic mass is 10.4. The summed E-state index contributed by atoms with van der Waals surface area (Å²) in [6.07, 6.45) is 0. The van der Waals surface area contributed by atoms with Gasteiger partial charge < -0.3 is 10.2 Å². The van der Waals surface area contributed by atoms with Crippen LogP contribution in [0.25, 0.3) is 0 Å². The van der Waals surface area contributed by atoms with Crippen molar-refractivity contribution in [2.45, 2.75) is 6.92 Å². The molecule has 7 nitrogen and oxygen atoms in total. The molecule has 0 aromatic carbocycles. The Bertz CT molecular complexity index is 426. The number of thiazole rings is 1. The highest BCUT2D eigenvalue weighted by atomic mass is 32.1. The highest BCUT2D eigenvalue weighted by Gasteiger charge is 2.08. The molecule has 0 aliphatic heterocycles. The molecule has 15 heavy (non-hydrogen) atoms. The summed E-state index contributed by atoms with van der Waals surface area (Å²) in [7, 11) is 0. The highest BCUT2D eigenvalue weighted by Crippen LogP contribution is 2.14. The van der Waals surface area contributed by atoms with E-state index >= 15 is 0 Å². The van der Waals surface area contributed by atoms with Crippen molar-refractivity contribution in [2.75, 3.05) is 5.43 Å². The van der Waals surface area contributed by atoms with Crippen molar-refractivity contribution in [1.29, 1.82) is 0 Å². The van der Waals surface area contributed by atoms with E-state index in [0.717, 1.165) is 11.3 Å². The second kappa shape index (κ2) is 4.51. The number of carboxylic acids is 2. The molecule has 1 aromatic rings. The van der Waals surface area contributed by atoms with E-state index in [1.54, 1.807) is 0 Å². The number of carboxylic acid groups (broad SMARTS) is 2. The molecule has 0 fully saturated rings. The van der Waals surface area contributed by atoms with Crippen LogP contribution in [0.15, 0.2) is 10.5 Å². The van der Waals surface area contributed by atoms with Gasteiger partial charge in [-0.3, -0.25) is 5.43 Å². The van der Waals surface area contributed by atoms with Crippen molar-refractivity contribution >= 4 is 34.1 Å². The second-order valence-corrected chi connectivity index (χ2v) is 3.32. The maximum absolute atomic E-state index is 10.4. The third-order valence-corrected chi connectivity index (χ3v) is 2.10. The third-order valence-electron chi connectivity index (χ3n) is 1.35. The van der Waals surface area contributed by atoms with Crippen molar-refractivity contribution in [3.63, 3.8) is 0 Å². The topological polar surface area (TPSA) is 112 Å². The van der Waals surface area contributed by atoms with Crippen molar-refractivity contribution in [3.8, 4) is 0 Å². The summed E-state index contributed by atoms with van der Waals surface area (Å²) >= 11 is 1.03. The van der Waals surface area contributed by atoms with Crippen LogP contribution in [0.5, 0.6) is 0 Å². The summed E-state index contributed by atoms with van der Waals surface area (Å²) in [6.45, 7) is 1.31. The van der Waals surface area contributed by atoms with Crippen LogP contribution in [0.1, 0.15) is 17.4 Å². The van der Waals surface area contributed by atoms with Gasteiger partial charge in [-0.05, 0) is 6.92 Å². The Hall–Kier alpha value is -1.96. The number of hydrazone groups is 1. The number of aliphatic carboxylic acids is 1. The Morgan fingerprint density at radius 1 is 1.53 bits per heavy atom. The van der Waals surface area contributed by atoms with Gasteiger partial charge >= 0.3 is 11.9 Å². The minimum absolute atomic E-state index is 0.106. The van der Waals surface area contributed by atoms with Crippen LogP contribution in [0.4, 0.5) is 5.13 Å². The van der Waals surface area contributed by atoms with Gasteiger partial charge in [0.25, 0.3) is 0 Å². The number of hydrogen-bond donors (Lipinski definition) is 3. The molecule has 0 bridgehead atoms. The summed E-state index contributed by atoms with van der Waals surface area (Å²) in [6, 6.07) is 0. The van der Waals surface area contributed by atoms with Crippen LogP contribution >= 0.6 is 11.3 Å². The van der Waals surface area contributed by atoms with E-state index in [0.29, 0.717) is 0 Å². The Morgan fingerprint density at radius 3 is 2.67 bits per heavy atom. The van der Waals surface area contributed by atoms with E-state index in [1.807, 2.05) is 0 Å². The van der Waals surface area contributed by atoms with Crippen LogP contribution in [0.3, 0.4) is 0 Å². The molecule has 8 heteroatoms. The van der Waals surface area contributed by atoms with Crippen molar-refractivity contribution in [3.05, 3.63) is 11.1 Å². The Morgan fingerprint density at radius 2 is 2.20 bits per heavy atom. The van der Waals surface area contributed by atoms with Gasteiger partial charge in [0.1, 0.15) is 5.71 Å². The number of hydrogen-bond acceptors (Lipinski definition) is 6. The average molecular weight is 229 g/mol. The Kier molecular flexibility index (Phi) is 3.34. The summed E-state index contributed by atoms with van der Waals surface area (Å²) < 4.78 is 0. The number of aromatic carboxylic acids is 1. The van der Waals surface area contributed by atoms with Crippen LogP contribution in [0.2, 0.25) is 0 Å². The first-order chi connectivity index (χ1) is 7.00. The fourth-order valence-electron chi connectivity index (χ4n) is 0.603. The van der Waals surface area contributed by atoms with Crippen LogP contribution in [0, 0.1) is 0 Å². The molecule has 0 unspecified atom stereocenters. The summed E-state index contributed by atoms with van der Waals surface area (Å²) in [5.74, 6) is -2.30. The number of anilines is 1. The molecule has 0 saturated carbocycles. The molecule has 80 valence electrons. The van der Waals surface area contributed by atoms with Gasteiger partial charge in [0.2, 0.25) is 5.13 Å². The molecule has 0 radical (unpaired) electrons. The zero-order valence-corrected chi connectivity index (χ0v) is 8.41. The van der Waals surface area contributed by atoms with Crippen molar-refractivity contribution < 1.29 is 19.8 Å². The van der Waals surface area contributed by atoms with Gasteiger partial charge in [-0.2, -0.15) is 5.10 Å². The van der Waals surface area contributed by atoms with E-state index in [9.17, 15) is 9.59 Å². The van der Waals surface area contributed by atoms with E-state index in [-0.39, 0.29) is 16.5 Å². The second-order valence-electron chi connectivity index (χ2n) is 2.46. The van der Waals surface area contributed by atoms with Crippen LogP contribution in [-0.2, 0) is 4.79 Å². The molecular weight excluding hydrogens is 222 g/mol. The molecule has 0 spiro atoms. The number of rotatable bonds is 4. The fraction of sp³-hybridized carbons (Fsp3) is 0.143. The third kappa shape index (κ3) is 3.02. The molecule has 1 aromatic heterocycles. The smallest absolute Gasteiger partial charge is 0.355 e. The van der Waals surface area contributed by atoms with Crippen LogP contribution in [-0.4, -0.2) is 32.8 Å². The maximum atomic E-state index is 10.4. The van der Waals surface area contributed by atoms with E-state index in [1.165, 1.54) is 12.3 Å². The monoisotopic (exact) mass is 229 g/mol. The molecule has 3 N–H and O–H groups in total. The molecule has 1 heterocycles. The largest absolute Gasteiger partial charge is 0.477 e. The standard InChI is InChI=1S/C7H7N3O4S/c1-3(5(11)12)9-10-7-8-4(2-15-7)6(13)14/h2H,1H3,(H,8,10)(H,11,12)(H,13,14)/b9-3-. The SMILES string of the molecule is C/C(=N/Nc1nc(C(=O)O)cs1)C(=O)O. The van der Waals surface area contributed by atoms with Gasteiger partial charge in [-0.15, -0.1) is 11.3 Å². The zero-order valence-electron chi connectivity index (χ0n) is 7.59. The molecule has 0 saturated heterocycles. The molecule has 0 aliphatic carbocycles. The lowest BCUT2D eigenvalue weighted by molar-refractivity contribution is -0.129. The lowest BCUT2D eigenvalue weighted by Crippen LogP contribution is -2.10. The van der Waals surface area contributed by atoms with Crippen LogP contribution < -0.4 is 5.43 Å². The molecule has 0 aliphatic rings.